The number of benzene rings is 1. The van der Waals surface area contributed by atoms with Crippen LogP contribution in [0.4, 0.5) is 14.6 Å². The van der Waals surface area contributed by atoms with E-state index in [0.717, 1.165) is 12.1 Å². The Morgan fingerprint density at radius 3 is 2.68 bits per heavy atom. The number of nitrogens with two attached hydrogens (primary N) is 1. The van der Waals surface area contributed by atoms with Gasteiger partial charge in [0.1, 0.15) is 5.82 Å². The highest BCUT2D eigenvalue weighted by molar-refractivity contribution is 5.94. The number of amides is 1. The standard InChI is InChI=1S/C13H11F2N3O/c14-10-2-1-8(5-11(10)15)7-18-13(19)9-3-4-17-12(16)6-9/h1-6H,7H2,(H2,16,17)(H,18,19). The van der Waals surface area contributed by atoms with Gasteiger partial charge < -0.3 is 11.1 Å². The molecule has 0 aliphatic rings. The highest BCUT2D eigenvalue weighted by atomic mass is 19.2. The number of carbonyl (C=O) groups excluding carboxylic acids is 1. The van der Waals surface area contributed by atoms with Gasteiger partial charge in [0.2, 0.25) is 0 Å². The summed E-state index contributed by atoms with van der Waals surface area (Å²) in [4.78, 5) is 15.5. The van der Waals surface area contributed by atoms with Crippen molar-refractivity contribution >= 4 is 11.7 Å². The van der Waals surface area contributed by atoms with Crippen molar-refractivity contribution in [3.05, 3.63) is 59.3 Å². The molecule has 0 atom stereocenters. The maximum absolute atomic E-state index is 13.0. The van der Waals surface area contributed by atoms with E-state index in [4.69, 9.17) is 5.73 Å². The number of aromatic nitrogens is 1. The van der Waals surface area contributed by atoms with Gasteiger partial charge in [-0.3, -0.25) is 4.79 Å². The molecule has 1 amide bonds. The molecular weight excluding hydrogens is 252 g/mol. The van der Waals surface area contributed by atoms with Crippen molar-refractivity contribution in [2.24, 2.45) is 0 Å². The minimum Gasteiger partial charge on any atom is -0.384 e. The number of rotatable bonds is 3. The SMILES string of the molecule is Nc1cc(C(=O)NCc2ccc(F)c(F)c2)ccn1. The Hall–Kier alpha value is -2.50. The Balaban J connectivity index is 2.02. The average Bonchev–Trinajstić information content (AvgIpc) is 2.40. The smallest absolute Gasteiger partial charge is 0.251 e. The van der Waals surface area contributed by atoms with Gasteiger partial charge in [0.05, 0.1) is 0 Å². The fraction of sp³-hybridized carbons (Fsp3) is 0.0769. The van der Waals surface area contributed by atoms with Gasteiger partial charge in [0.25, 0.3) is 5.91 Å². The molecule has 1 aromatic carbocycles. The molecule has 0 aliphatic carbocycles. The first-order chi connectivity index (χ1) is 9.06. The van der Waals surface area contributed by atoms with E-state index in [2.05, 4.69) is 10.3 Å². The maximum Gasteiger partial charge on any atom is 0.251 e. The van der Waals surface area contributed by atoms with Crippen LogP contribution in [0.2, 0.25) is 0 Å². The van der Waals surface area contributed by atoms with Crippen LogP contribution < -0.4 is 11.1 Å². The molecule has 6 heteroatoms. The van der Waals surface area contributed by atoms with Crippen molar-refractivity contribution in [3.63, 3.8) is 0 Å². The van der Waals surface area contributed by atoms with Crippen molar-refractivity contribution in [3.8, 4) is 0 Å². The summed E-state index contributed by atoms with van der Waals surface area (Å²) in [5.41, 5.74) is 6.28. The topological polar surface area (TPSA) is 68.0 Å². The predicted molar refractivity (Wildman–Crippen MR) is 66.2 cm³/mol. The molecule has 1 aromatic heterocycles. The molecule has 0 saturated heterocycles. The number of hydrogen-bond acceptors (Lipinski definition) is 3. The quantitative estimate of drug-likeness (QED) is 0.888. The Labute approximate surface area is 108 Å². The molecule has 0 unspecified atom stereocenters. The van der Waals surface area contributed by atoms with E-state index in [9.17, 15) is 13.6 Å². The molecule has 0 aliphatic heterocycles. The molecule has 98 valence electrons. The Bertz CT molecular complexity index is 617. The first kappa shape index (κ1) is 12.9. The largest absolute Gasteiger partial charge is 0.384 e. The number of carbonyl (C=O) groups is 1. The zero-order valence-corrected chi connectivity index (χ0v) is 9.86. The minimum atomic E-state index is -0.945. The second kappa shape index (κ2) is 5.43. The Morgan fingerprint density at radius 1 is 1.21 bits per heavy atom. The maximum atomic E-state index is 13.0. The third-order valence-electron chi connectivity index (χ3n) is 2.48. The lowest BCUT2D eigenvalue weighted by atomic mass is 10.2. The highest BCUT2D eigenvalue weighted by Crippen LogP contribution is 2.09. The van der Waals surface area contributed by atoms with Crippen LogP contribution in [0.25, 0.3) is 0 Å². The van der Waals surface area contributed by atoms with Gasteiger partial charge in [-0.1, -0.05) is 6.07 Å². The van der Waals surface area contributed by atoms with E-state index in [1.165, 1.54) is 24.4 Å². The predicted octanol–water partition coefficient (Wildman–Crippen LogP) is 1.87. The van der Waals surface area contributed by atoms with Gasteiger partial charge in [-0.2, -0.15) is 0 Å². The third-order valence-corrected chi connectivity index (χ3v) is 2.48. The number of halogens is 2. The fourth-order valence-electron chi connectivity index (χ4n) is 1.52. The van der Waals surface area contributed by atoms with Crippen LogP contribution in [0.3, 0.4) is 0 Å². The summed E-state index contributed by atoms with van der Waals surface area (Å²) in [6.45, 7) is 0.0955. The zero-order valence-electron chi connectivity index (χ0n) is 9.86. The minimum absolute atomic E-state index is 0.0955. The molecular formula is C13H11F2N3O. The average molecular weight is 263 g/mol. The summed E-state index contributed by atoms with van der Waals surface area (Å²) >= 11 is 0. The normalized spacial score (nSPS) is 10.2. The lowest BCUT2D eigenvalue weighted by molar-refractivity contribution is 0.0951. The lowest BCUT2D eigenvalue weighted by Crippen LogP contribution is -2.23. The molecule has 19 heavy (non-hydrogen) atoms. The lowest BCUT2D eigenvalue weighted by Gasteiger charge is -2.06. The molecule has 0 spiro atoms. The Kier molecular flexibility index (Phi) is 3.70. The molecule has 4 nitrogen and oxygen atoms in total. The van der Waals surface area contributed by atoms with Crippen LogP contribution in [0.5, 0.6) is 0 Å². The van der Waals surface area contributed by atoms with Gasteiger partial charge in [0, 0.05) is 18.3 Å². The number of anilines is 1. The molecule has 1 heterocycles. The van der Waals surface area contributed by atoms with Gasteiger partial charge in [-0.25, -0.2) is 13.8 Å². The van der Waals surface area contributed by atoms with Gasteiger partial charge >= 0.3 is 0 Å². The first-order valence-corrected chi connectivity index (χ1v) is 5.50. The van der Waals surface area contributed by atoms with Crippen molar-refractivity contribution in [2.45, 2.75) is 6.54 Å². The molecule has 0 radical (unpaired) electrons. The van der Waals surface area contributed by atoms with Crippen LogP contribution in [0.15, 0.2) is 36.5 Å². The summed E-state index contributed by atoms with van der Waals surface area (Å²) in [6.07, 6.45) is 1.42. The van der Waals surface area contributed by atoms with E-state index >= 15 is 0 Å². The van der Waals surface area contributed by atoms with E-state index in [0.29, 0.717) is 11.1 Å². The van der Waals surface area contributed by atoms with E-state index < -0.39 is 11.6 Å². The summed E-state index contributed by atoms with van der Waals surface area (Å²) in [6, 6.07) is 6.40. The number of pyridine rings is 1. The molecule has 0 bridgehead atoms. The molecule has 2 rings (SSSR count). The number of nitrogen functional groups attached to an aromatic ring is 1. The van der Waals surface area contributed by atoms with Crippen molar-refractivity contribution in [1.29, 1.82) is 0 Å². The van der Waals surface area contributed by atoms with Crippen molar-refractivity contribution in [1.82, 2.24) is 10.3 Å². The second-order valence-electron chi connectivity index (χ2n) is 3.90. The van der Waals surface area contributed by atoms with Crippen molar-refractivity contribution in [2.75, 3.05) is 5.73 Å². The Morgan fingerprint density at radius 2 is 2.00 bits per heavy atom. The van der Waals surface area contributed by atoms with Crippen LogP contribution in [-0.4, -0.2) is 10.9 Å². The van der Waals surface area contributed by atoms with Crippen LogP contribution in [0, 0.1) is 11.6 Å². The number of nitrogens with zero attached hydrogens (tertiary/aromatic N) is 1. The van der Waals surface area contributed by atoms with Gasteiger partial charge in [-0.05, 0) is 29.8 Å². The molecule has 3 N–H and O–H groups in total. The fourth-order valence-corrected chi connectivity index (χ4v) is 1.52. The molecule has 0 fully saturated rings. The number of nitrogens with one attached hydrogen (secondary N) is 1. The third kappa shape index (κ3) is 3.25. The molecule has 0 saturated carbocycles. The van der Waals surface area contributed by atoms with Crippen LogP contribution >= 0.6 is 0 Å². The summed E-state index contributed by atoms with van der Waals surface area (Å²) < 4.78 is 25.7. The van der Waals surface area contributed by atoms with E-state index in [-0.39, 0.29) is 18.3 Å². The number of hydrogen-bond donors (Lipinski definition) is 2. The van der Waals surface area contributed by atoms with E-state index in [1.807, 2.05) is 0 Å². The summed E-state index contributed by atoms with van der Waals surface area (Å²) in [5, 5.41) is 2.58. The monoisotopic (exact) mass is 263 g/mol. The van der Waals surface area contributed by atoms with Crippen LogP contribution in [0.1, 0.15) is 15.9 Å². The second-order valence-corrected chi connectivity index (χ2v) is 3.90. The van der Waals surface area contributed by atoms with Gasteiger partial charge in [0.15, 0.2) is 11.6 Å². The highest BCUT2D eigenvalue weighted by Gasteiger charge is 2.07. The summed E-state index contributed by atoms with van der Waals surface area (Å²) in [7, 11) is 0. The van der Waals surface area contributed by atoms with Crippen molar-refractivity contribution < 1.29 is 13.6 Å². The van der Waals surface area contributed by atoms with E-state index in [1.54, 1.807) is 0 Å². The first-order valence-electron chi connectivity index (χ1n) is 5.50. The van der Waals surface area contributed by atoms with Crippen LogP contribution in [-0.2, 0) is 6.54 Å². The zero-order chi connectivity index (χ0) is 13.8. The van der Waals surface area contributed by atoms with Gasteiger partial charge in [-0.15, -0.1) is 0 Å². The molecule has 2 aromatic rings. The summed E-state index contributed by atoms with van der Waals surface area (Å²) in [5.74, 6) is -1.99.